The molecule has 1 saturated carbocycles. The quantitative estimate of drug-likeness (QED) is 0.936. The van der Waals surface area contributed by atoms with Crippen molar-refractivity contribution in [1.29, 1.82) is 5.26 Å². The van der Waals surface area contributed by atoms with Gasteiger partial charge < -0.3 is 5.32 Å². The van der Waals surface area contributed by atoms with Gasteiger partial charge in [0.2, 0.25) is 5.91 Å². The lowest BCUT2D eigenvalue weighted by atomic mass is 9.83. The first kappa shape index (κ1) is 16.2. The van der Waals surface area contributed by atoms with E-state index in [2.05, 4.69) is 16.4 Å². The number of amides is 1. The Labute approximate surface area is 140 Å². The van der Waals surface area contributed by atoms with Crippen molar-refractivity contribution in [1.82, 2.24) is 14.9 Å². The van der Waals surface area contributed by atoms with Crippen molar-refractivity contribution in [2.75, 3.05) is 0 Å². The topological polar surface area (TPSA) is 87.8 Å². The summed E-state index contributed by atoms with van der Waals surface area (Å²) in [4.78, 5) is 29.1. The number of nitriles is 1. The summed E-state index contributed by atoms with van der Waals surface area (Å²) in [7, 11) is 0. The van der Waals surface area contributed by atoms with E-state index in [9.17, 15) is 14.9 Å². The molecule has 2 aromatic rings. The summed E-state index contributed by atoms with van der Waals surface area (Å²) in [6, 6.07) is 7.71. The van der Waals surface area contributed by atoms with Gasteiger partial charge in [-0.3, -0.25) is 14.2 Å². The third kappa shape index (κ3) is 3.16. The van der Waals surface area contributed by atoms with Crippen molar-refractivity contribution < 1.29 is 4.79 Å². The molecule has 6 nitrogen and oxygen atoms in total. The Morgan fingerprint density at radius 3 is 2.83 bits per heavy atom. The first-order valence-corrected chi connectivity index (χ1v) is 8.21. The fourth-order valence-corrected chi connectivity index (χ4v) is 3.27. The van der Waals surface area contributed by atoms with Gasteiger partial charge in [-0.2, -0.15) is 5.26 Å². The Bertz CT molecular complexity index is 873. The second kappa shape index (κ2) is 6.44. The zero-order valence-corrected chi connectivity index (χ0v) is 13.7. The monoisotopic (exact) mass is 324 g/mol. The Hall–Kier alpha value is -2.68. The fraction of sp³-hybridized carbons (Fsp3) is 0.444. The number of carbonyl (C=O) groups is 1. The van der Waals surface area contributed by atoms with Crippen LogP contribution in [0, 0.1) is 18.3 Å². The van der Waals surface area contributed by atoms with E-state index in [0.29, 0.717) is 23.7 Å². The van der Waals surface area contributed by atoms with Crippen LogP contribution in [0.1, 0.15) is 37.7 Å². The largest absolute Gasteiger partial charge is 0.336 e. The number of rotatable bonds is 3. The number of hydrogen-bond acceptors (Lipinski definition) is 4. The molecule has 1 fully saturated rings. The van der Waals surface area contributed by atoms with Crippen molar-refractivity contribution in [2.45, 2.75) is 51.1 Å². The first-order valence-electron chi connectivity index (χ1n) is 8.21. The molecule has 1 aliphatic carbocycles. The normalized spacial score (nSPS) is 16.5. The molecule has 1 aliphatic rings. The summed E-state index contributed by atoms with van der Waals surface area (Å²) < 4.78 is 1.30. The van der Waals surface area contributed by atoms with Gasteiger partial charge in [0.1, 0.15) is 12.1 Å². The fourth-order valence-electron chi connectivity index (χ4n) is 3.27. The van der Waals surface area contributed by atoms with Crippen LogP contribution in [0.4, 0.5) is 0 Å². The molecule has 3 rings (SSSR count). The minimum Gasteiger partial charge on any atom is -0.336 e. The maximum absolute atomic E-state index is 12.5. The Kier molecular flexibility index (Phi) is 4.34. The third-order valence-corrected chi connectivity index (χ3v) is 4.59. The maximum Gasteiger partial charge on any atom is 0.261 e. The van der Waals surface area contributed by atoms with Crippen molar-refractivity contribution in [3.05, 3.63) is 40.4 Å². The molecule has 6 heteroatoms. The SMILES string of the molecule is Cc1ccc2ncn(CC(=O)NC3(C#N)CCCCC3)c(=O)c2c1. The highest BCUT2D eigenvalue weighted by molar-refractivity contribution is 5.80. The highest BCUT2D eigenvalue weighted by Gasteiger charge is 2.33. The molecule has 1 aromatic heterocycles. The number of aryl methyl sites for hydroxylation is 1. The van der Waals surface area contributed by atoms with E-state index >= 15 is 0 Å². The molecular weight excluding hydrogens is 304 g/mol. The van der Waals surface area contributed by atoms with Crippen LogP contribution in [0.25, 0.3) is 10.9 Å². The molecule has 0 spiro atoms. The number of aromatic nitrogens is 2. The van der Waals surface area contributed by atoms with Crippen molar-refractivity contribution in [3.63, 3.8) is 0 Å². The van der Waals surface area contributed by atoms with Gasteiger partial charge >= 0.3 is 0 Å². The molecule has 0 unspecified atom stereocenters. The minimum absolute atomic E-state index is 0.126. The van der Waals surface area contributed by atoms with Crippen LogP contribution < -0.4 is 10.9 Å². The van der Waals surface area contributed by atoms with Gasteiger partial charge in [-0.15, -0.1) is 0 Å². The van der Waals surface area contributed by atoms with Gasteiger partial charge in [0, 0.05) is 0 Å². The van der Waals surface area contributed by atoms with Crippen molar-refractivity contribution in [3.8, 4) is 6.07 Å². The van der Waals surface area contributed by atoms with Gasteiger partial charge in [-0.05, 0) is 31.9 Å². The molecule has 1 N–H and O–H groups in total. The van der Waals surface area contributed by atoms with Gasteiger partial charge in [0.25, 0.3) is 5.56 Å². The van der Waals surface area contributed by atoms with Gasteiger partial charge in [0.05, 0.1) is 23.3 Å². The average Bonchev–Trinajstić information content (AvgIpc) is 2.58. The standard InChI is InChI=1S/C18H20N4O2/c1-13-5-6-15-14(9-13)17(24)22(12-20-15)10-16(23)21-18(11-19)7-3-2-4-8-18/h5-6,9,12H,2-4,7-8,10H2,1H3,(H,21,23). The van der Waals surface area contributed by atoms with E-state index in [1.54, 1.807) is 12.1 Å². The Balaban J connectivity index is 1.82. The summed E-state index contributed by atoms with van der Waals surface area (Å²) in [5, 5.41) is 12.8. The minimum atomic E-state index is -0.792. The average molecular weight is 324 g/mol. The van der Waals surface area contributed by atoms with Crippen LogP contribution in [-0.2, 0) is 11.3 Å². The summed E-state index contributed by atoms with van der Waals surface area (Å²) in [5.41, 5.74) is 0.547. The summed E-state index contributed by atoms with van der Waals surface area (Å²) in [6.45, 7) is 1.78. The second-order valence-electron chi connectivity index (χ2n) is 6.50. The number of nitrogens with zero attached hydrogens (tertiary/aromatic N) is 3. The highest BCUT2D eigenvalue weighted by atomic mass is 16.2. The molecule has 24 heavy (non-hydrogen) atoms. The summed E-state index contributed by atoms with van der Waals surface area (Å²) in [6.07, 6.45) is 5.68. The third-order valence-electron chi connectivity index (χ3n) is 4.59. The lowest BCUT2D eigenvalue weighted by molar-refractivity contribution is -0.123. The summed E-state index contributed by atoms with van der Waals surface area (Å²) in [5.74, 6) is -0.325. The van der Waals surface area contributed by atoms with Crippen molar-refractivity contribution >= 4 is 16.8 Å². The van der Waals surface area contributed by atoms with E-state index < -0.39 is 5.54 Å². The molecule has 124 valence electrons. The lowest BCUT2D eigenvalue weighted by Crippen LogP contribution is -2.50. The molecule has 0 aliphatic heterocycles. The molecule has 1 aromatic carbocycles. The molecule has 0 saturated heterocycles. The smallest absolute Gasteiger partial charge is 0.261 e. The second-order valence-corrected chi connectivity index (χ2v) is 6.50. The van der Waals surface area contributed by atoms with E-state index in [0.717, 1.165) is 24.8 Å². The molecule has 1 heterocycles. The van der Waals surface area contributed by atoms with Crippen molar-refractivity contribution in [2.24, 2.45) is 0 Å². The van der Waals surface area contributed by atoms with Crippen LogP contribution in [0.3, 0.4) is 0 Å². The predicted molar refractivity (Wildman–Crippen MR) is 90.3 cm³/mol. The molecule has 1 amide bonds. The van der Waals surface area contributed by atoms with Gasteiger partial charge in [0.15, 0.2) is 0 Å². The Morgan fingerprint density at radius 1 is 1.38 bits per heavy atom. The maximum atomic E-state index is 12.5. The van der Waals surface area contributed by atoms with Crippen LogP contribution in [0.5, 0.6) is 0 Å². The molecular formula is C18H20N4O2. The zero-order chi connectivity index (χ0) is 17.2. The highest BCUT2D eigenvalue weighted by Crippen LogP contribution is 2.27. The summed E-state index contributed by atoms with van der Waals surface area (Å²) >= 11 is 0. The number of fused-ring (bicyclic) bond motifs is 1. The Morgan fingerprint density at radius 2 is 2.12 bits per heavy atom. The molecule has 0 radical (unpaired) electrons. The number of hydrogen-bond donors (Lipinski definition) is 1. The van der Waals surface area contributed by atoms with E-state index in [1.807, 2.05) is 13.0 Å². The van der Waals surface area contributed by atoms with Crippen LogP contribution >= 0.6 is 0 Å². The van der Waals surface area contributed by atoms with Crippen LogP contribution in [-0.4, -0.2) is 21.0 Å². The lowest BCUT2D eigenvalue weighted by Gasteiger charge is -2.31. The number of benzene rings is 1. The van der Waals surface area contributed by atoms with E-state index in [4.69, 9.17) is 0 Å². The van der Waals surface area contributed by atoms with Gasteiger partial charge in [-0.1, -0.05) is 30.9 Å². The number of nitrogens with one attached hydrogen (secondary N) is 1. The number of carbonyl (C=O) groups excluding carboxylic acids is 1. The first-order chi connectivity index (χ1) is 11.5. The zero-order valence-electron chi connectivity index (χ0n) is 13.7. The molecule has 0 bridgehead atoms. The molecule has 0 atom stereocenters. The van der Waals surface area contributed by atoms with E-state index in [1.165, 1.54) is 10.9 Å². The van der Waals surface area contributed by atoms with Gasteiger partial charge in [-0.25, -0.2) is 4.98 Å². The van der Waals surface area contributed by atoms with Crippen LogP contribution in [0.2, 0.25) is 0 Å². The predicted octanol–water partition coefficient (Wildman–Crippen LogP) is 2.05. The van der Waals surface area contributed by atoms with E-state index in [-0.39, 0.29) is 18.0 Å². The van der Waals surface area contributed by atoms with Crippen LogP contribution in [0.15, 0.2) is 29.3 Å².